The Hall–Kier alpha value is -0.820. The molecule has 0 saturated heterocycles. The third-order valence-electron chi connectivity index (χ3n) is 3.38. The van der Waals surface area contributed by atoms with Gasteiger partial charge in [-0.15, -0.1) is 0 Å². The van der Waals surface area contributed by atoms with Crippen LogP contribution in [-0.4, -0.2) is 6.54 Å². The molecule has 0 aliphatic carbocycles. The van der Waals surface area contributed by atoms with Crippen LogP contribution in [0.3, 0.4) is 0 Å². The van der Waals surface area contributed by atoms with E-state index in [1.54, 1.807) is 0 Å². The third kappa shape index (κ3) is 6.24. The SMILES string of the molecule is CCCNC(CC(C)(C)C)c1ccc(CCC)cc1. The van der Waals surface area contributed by atoms with Crippen LogP contribution in [0.1, 0.15) is 71.0 Å². The van der Waals surface area contributed by atoms with E-state index >= 15 is 0 Å². The smallest absolute Gasteiger partial charge is 0.0325 e. The van der Waals surface area contributed by atoms with Crippen molar-refractivity contribution >= 4 is 0 Å². The summed E-state index contributed by atoms with van der Waals surface area (Å²) in [6.07, 6.45) is 4.78. The minimum atomic E-state index is 0.355. The summed E-state index contributed by atoms with van der Waals surface area (Å²) in [6, 6.07) is 9.69. The number of hydrogen-bond donors (Lipinski definition) is 1. The Labute approximate surface area is 119 Å². The van der Waals surface area contributed by atoms with Crippen LogP contribution in [0.2, 0.25) is 0 Å². The van der Waals surface area contributed by atoms with Crippen LogP contribution in [0.5, 0.6) is 0 Å². The normalized spacial score (nSPS) is 13.5. The molecule has 0 radical (unpaired) electrons. The van der Waals surface area contributed by atoms with Crippen LogP contribution in [0, 0.1) is 5.41 Å². The van der Waals surface area contributed by atoms with E-state index < -0.39 is 0 Å². The molecule has 0 saturated carbocycles. The van der Waals surface area contributed by atoms with Gasteiger partial charge in [-0.3, -0.25) is 0 Å². The second kappa shape index (κ2) is 7.69. The van der Waals surface area contributed by atoms with Crippen LogP contribution in [0.4, 0.5) is 0 Å². The molecule has 1 rings (SSSR count). The monoisotopic (exact) mass is 261 g/mol. The Bertz CT molecular complexity index is 345. The van der Waals surface area contributed by atoms with Gasteiger partial charge < -0.3 is 5.32 Å². The lowest BCUT2D eigenvalue weighted by Crippen LogP contribution is -2.26. The van der Waals surface area contributed by atoms with Gasteiger partial charge in [0.25, 0.3) is 0 Å². The van der Waals surface area contributed by atoms with Crippen molar-refractivity contribution in [1.82, 2.24) is 5.32 Å². The second-order valence-electron chi connectivity index (χ2n) is 6.76. The first-order valence-corrected chi connectivity index (χ1v) is 7.78. The Morgan fingerprint density at radius 2 is 1.63 bits per heavy atom. The van der Waals surface area contributed by atoms with Crippen molar-refractivity contribution in [2.75, 3.05) is 6.54 Å². The predicted molar refractivity (Wildman–Crippen MR) is 85.5 cm³/mol. The molecule has 108 valence electrons. The number of hydrogen-bond acceptors (Lipinski definition) is 1. The summed E-state index contributed by atoms with van der Waals surface area (Å²) < 4.78 is 0. The van der Waals surface area contributed by atoms with Gasteiger partial charge in [0.05, 0.1) is 0 Å². The fourth-order valence-corrected chi connectivity index (χ4v) is 2.44. The van der Waals surface area contributed by atoms with Gasteiger partial charge in [0.2, 0.25) is 0 Å². The summed E-state index contributed by atoms with van der Waals surface area (Å²) in [5.74, 6) is 0. The molecule has 0 bridgehead atoms. The Morgan fingerprint density at radius 3 is 2.11 bits per heavy atom. The zero-order valence-corrected chi connectivity index (χ0v) is 13.4. The Kier molecular flexibility index (Phi) is 6.57. The summed E-state index contributed by atoms with van der Waals surface area (Å²) in [5.41, 5.74) is 3.24. The van der Waals surface area contributed by atoms with E-state index in [1.807, 2.05) is 0 Å². The van der Waals surface area contributed by atoms with Crippen LogP contribution in [0.25, 0.3) is 0 Å². The highest BCUT2D eigenvalue weighted by Crippen LogP contribution is 2.29. The highest BCUT2D eigenvalue weighted by atomic mass is 14.9. The third-order valence-corrected chi connectivity index (χ3v) is 3.38. The molecule has 0 aliphatic heterocycles. The van der Waals surface area contributed by atoms with Crippen molar-refractivity contribution < 1.29 is 0 Å². The van der Waals surface area contributed by atoms with E-state index in [0.29, 0.717) is 11.5 Å². The molecule has 0 fully saturated rings. The zero-order valence-electron chi connectivity index (χ0n) is 13.4. The van der Waals surface area contributed by atoms with Crippen molar-refractivity contribution in [3.05, 3.63) is 35.4 Å². The summed E-state index contributed by atoms with van der Waals surface area (Å²) in [4.78, 5) is 0. The summed E-state index contributed by atoms with van der Waals surface area (Å²) in [5, 5.41) is 3.69. The molecule has 0 spiro atoms. The standard InChI is InChI=1S/C18H31N/c1-6-8-15-9-11-16(12-10-15)17(19-13-7-2)14-18(3,4)5/h9-12,17,19H,6-8,13-14H2,1-5H3. The van der Waals surface area contributed by atoms with Crippen molar-refractivity contribution in [3.63, 3.8) is 0 Å². The average molecular weight is 261 g/mol. The van der Waals surface area contributed by atoms with E-state index in [0.717, 1.165) is 6.54 Å². The molecular weight excluding hydrogens is 230 g/mol. The fourth-order valence-electron chi connectivity index (χ4n) is 2.44. The molecule has 0 heterocycles. The first-order valence-electron chi connectivity index (χ1n) is 7.78. The first kappa shape index (κ1) is 16.2. The zero-order chi connectivity index (χ0) is 14.3. The largest absolute Gasteiger partial charge is 0.310 e. The lowest BCUT2D eigenvalue weighted by Gasteiger charge is -2.27. The van der Waals surface area contributed by atoms with Crippen LogP contribution >= 0.6 is 0 Å². The molecule has 1 aromatic carbocycles. The molecule has 0 aliphatic rings. The van der Waals surface area contributed by atoms with Gasteiger partial charge in [-0.1, -0.05) is 65.3 Å². The summed E-state index contributed by atoms with van der Waals surface area (Å²) >= 11 is 0. The van der Waals surface area contributed by atoms with Crippen molar-refractivity contribution in [3.8, 4) is 0 Å². The molecule has 19 heavy (non-hydrogen) atoms. The molecule has 1 N–H and O–H groups in total. The summed E-state index contributed by atoms with van der Waals surface area (Å²) in [6.45, 7) is 12.5. The molecular formula is C18H31N. The maximum atomic E-state index is 3.69. The molecule has 1 nitrogen and oxygen atoms in total. The quantitative estimate of drug-likeness (QED) is 0.718. The highest BCUT2D eigenvalue weighted by molar-refractivity contribution is 5.25. The van der Waals surface area contributed by atoms with Gasteiger partial charge in [-0.2, -0.15) is 0 Å². The van der Waals surface area contributed by atoms with Crippen LogP contribution in [-0.2, 0) is 6.42 Å². The maximum absolute atomic E-state index is 3.69. The van der Waals surface area contributed by atoms with Crippen molar-refractivity contribution in [1.29, 1.82) is 0 Å². The van der Waals surface area contributed by atoms with Gasteiger partial charge in [0.15, 0.2) is 0 Å². The Morgan fingerprint density at radius 1 is 1.00 bits per heavy atom. The topological polar surface area (TPSA) is 12.0 Å². The van der Waals surface area contributed by atoms with E-state index in [4.69, 9.17) is 0 Å². The second-order valence-corrected chi connectivity index (χ2v) is 6.76. The van der Waals surface area contributed by atoms with Gasteiger partial charge in [0, 0.05) is 6.04 Å². The summed E-state index contributed by atoms with van der Waals surface area (Å²) in [7, 11) is 0. The van der Waals surface area contributed by atoms with E-state index in [1.165, 1.54) is 36.8 Å². The first-order chi connectivity index (χ1) is 8.96. The van der Waals surface area contributed by atoms with Crippen LogP contribution in [0.15, 0.2) is 24.3 Å². The Balaban J connectivity index is 2.77. The lowest BCUT2D eigenvalue weighted by molar-refractivity contribution is 0.311. The van der Waals surface area contributed by atoms with E-state index in [-0.39, 0.29) is 0 Å². The number of benzene rings is 1. The van der Waals surface area contributed by atoms with Gasteiger partial charge in [-0.25, -0.2) is 0 Å². The van der Waals surface area contributed by atoms with Gasteiger partial charge in [-0.05, 0) is 42.3 Å². The van der Waals surface area contributed by atoms with Crippen molar-refractivity contribution in [2.24, 2.45) is 5.41 Å². The minimum Gasteiger partial charge on any atom is -0.310 e. The lowest BCUT2D eigenvalue weighted by atomic mass is 9.85. The van der Waals surface area contributed by atoms with Gasteiger partial charge >= 0.3 is 0 Å². The average Bonchev–Trinajstić information content (AvgIpc) is 2.34. The number of rotatable bonds is 7. The highest BCUT2D eigenvalue weighted by Gasteiger charge is 2.19. The molecule has 1 aromatic rings. The predicted octanol–water partition coefficient (Wildman–Crippen LogP) is 5.12. The van der Waals surface area contributed by atoms with Crippen molar-refractivity contribution in [2.45, 2.75) is 66.3 Å². The minimum absolute atomic E-state index is 0.355. The number of aryl methyl sites for hydroxylation is 1. The molecule has 1 unspecified atom stereocenters. The van der Waals surface area contributed by atoms with Crippen LogP contribution < -0.4 is 5.32 Å². The van der Waals surface area contributed by atoms with E-state index in [9.17, 15) is 0 Å². The molecule has 1 atom stereocenters. The maximum Gasteiger partial charge on any atom is 0.0325 e. The number of nitrogens with one attached hydrogen (secondary N) is 1. The van der Waals surface area contributed by atoms with E-state index in [2.05, 4.69) is 64.2 Å². The molecule has 0 aromatic heterocycles. The molecule has 0 amide bonds. The molecule has 1 heteroatoms. The van der Waals surface area contributed by atoms with Gasteiger partial charge in [0.1, 0.15) is 0 Å². The fraction of sp³-hybridized carbons (Fsp3) is 0.667.